The molecule has 3 nitrogen and oxygen atoms in total. The maximum Gasteiger partial charge on any atom is 0.119 e. The predicted octanol–water partition coefficient (Wildman–Crippen LogP) is 2.88. The van der Waals surface area contributed by atoms with E-state index in [1.54, 1.807) is 0 Å². The van der Waals surface area contributed by atoms with Crippen LogP contribution in [0.4, 0.5) is 0 Å². The Balaban J connectivity index is 1.85. The molecule has 1 aromatic rings. The standard InChI is InChI=1S/C17H28N2O/c18-10-6-12-20-17-9-5-7-15(14-17)13-16-8-3-1-2-4-11-19-16/h5,7,9,14,16,19H,1-4,6,8,10-13,18H2. The molecule has 1 aliphatic rings. The van der Waals surface area contributed by atoms with Gasteiger partial charge in [-0.3, -0.25) is 0 Å². The van der Waals surface area contributed by atoms with Crippen LogP contribution in [0.25, 0.3) is 0 Å². The topological polar surface area (TPSA) is 47.3 Å². The molecule has 1 heterocycles. The van der Waals surface area contributed by atoms with E-state index < -0.39 is 0 Å². The third-order valence-corrected chi connectivity index (χ3v) is 3.91. The second-order valence-electron chi connectivity index (χ2n) is 5.70. The fourth-order valence-corrected chi connectivity index (χ4v) is 2.77. The zero-order chi connectivity index (χ0) is 14.0. The second-order valence-corrected chi connectivity index (χ2v) is 5.70. The molecule has 1 atom stereocenters. The molecule has 0 bridgehead atoms. The molecule has 0 radical (unpaired) electrons. The van der Waals surface area contributed by atoms with E-state index in [4.69, 9.17) is 10.5 Å². The zero-order valence-corrected chi connectivity index (χ0v) is 12.4. The van der Waals surface area contributed by atoms with Crippen LogP contribution in [0.15, 0.2) is 24.3 Å². The average Bonchev–Trinajstić information content (AvgIpc) is 2.43. The molecule has 1 fully saturated rings. The molecule has 1 aromatic carbocycles. The largest absolute Gasteiger partial charge is 0.494 e. The van der Waals surface area contributed by atoms with Gasteiger partial charge in [0, 0.05) is 6.04 Å². The fourth-order valence-electron chi connectivity index (χ4n) is 2.77. The molecule has 1 aliphatic heterocycles. The van der Waals surface area contributed by atoms with E-state index in [1.165, 1.54) is 37.7 Å². The quantitative estimate of drug-likeness (QED) is 0.785. The summed E-state index contributed by atoms with van der Waals surface area (Å²) in [6.07, 6.45) is 8.74. The van der Waals surface area contributed by atoms with Crippen molar-refractivity contribution in [1.82, 2.24) is 5.32 Å². The molecule has 3 N–H and O–H groups in total. The predicted molar refractivity (Wildman–Crippen MR) is 84.2 cm³/mol. The van der Waals surface area contributed by atoms with E-state index in [-0.39, 0.29) is 0 Å². The van der Waals surface area contributed by atoms with Crippen LogP contribution in [-0.4, -0.2) is 25.7 Å². The second kappa shape index (κ2) is 8.98. The average molecular weight is 276 g/mol. The summed E-state index contributed by atoms with van der Waals surface area (Å²) in [6.45, 7) is 2.56. The summed E-state index contributed by atoms with van der Waals surface area (Å²) in [6, 6.07) is 9.13. The normalized spacial score (nSPS) is 20.1. The van der Waals surface area contributed by atoms with Crippen molar-refractivity contribution >= 4 is 0 Å². The maximum atomic E-state index is 5.72. The maximum absolute atomic E-state index is 5.72. The van der Waals surface area contributed by atoms with Crippen LogP contribution in [0, 0.1) is 0 Å². The molecule has 112 valence electrons. The van der Waals surface area contributed by atoms with E-state index in [2.05, 4.69) is 23.5 Å². The zero-order valence-electron chi connectivity index (χ0n) is 12.4. The Kier molecular flexibility index (Phi) is 6.89. The van der Waals surface area contributed by atoms with Crippen LogP contribution in [0.5, 0.6) is 5.75 Å². The number of nitrogens with one attached hydrogen (secondary N) is 1. The van der Waals surface area contributed by atoms with Gasteiger partial charge in [-0.15, -0.1) is 0 Å². The summed E-state index contributed by atoms with van der Waals surface area (Å²) in [5, 5.41) is 3.68. The van der Waals surface area contributed by atoms with Gasteiger partial charge in [0.1, 0.15) is 5.75 Å². The first-order chi connectivity index (χ1) is 9.88. The molecule has 0 aromatic heterocycles. The van der Waals surface area contributed by atoms with Gasteiger partial charge in [-0.1, -0.05) is 31.4 Å². The summed E-state index contributed by atoms with van der Waals surface area (Å²) < 4.78 is 5.72. The van der Waals surface area contributed by atoms with Gasteiger partial charge >= 0.3 is 0 Å². The Bertz CT molecular complexity index is 373. The fraction of sp³-hybridized carbons (Fsp3) is 0.647. The lowest BCUT2D eigenvalue weighted by molar-refractivity contribution is 0.313. The number of nitrogens with two attached hydrogens (primary N) is 1. The van der Waals surface area contributed by atoms with Crippen molar-refractivity contribution in [2.75, 3.05) is 19.7 Å². The summed E-state index contributed by atoms with van der Waals surface area (Å²) in [5.74, 6) is 0.974. The van der Waals surface area contributed by atoms with Crippen LogP contribution in [0.1, 0.15) is 44.1 Å². The molecule has 20 heavy (non-hydrogen) atoms. The van der Waals surface area contributed by atoms with Gasteiger partial charge < -0.3 is 15.8 Å². The van der Waals surface area contributed by atoms with Crippen molar-refractivity contribution in [3.05, 3.63) is 29.8 Å². The molecule has 0 spiro atoms. The minimum Gasteiger partial charge on any atom is -0.494 e. The highest BCUT2D eigenvalue weighted by Crippen LogP contribution is 2.18. The summed E-state index contributed by atoms with van der Waals surface area (Å²) in [4.78, 5) is 0. The Morgan fingerprint density at radius 3 is 3.00 bits per heavy atom. The van der Waals surface area contributed by atoms with Gasteiger partial charge in [0.25, 0.3) is 0 Å². The highest BCUT2D eigenvalue weighted by Gasteiger charge is 2.11. The third-order valence-electron chi connectivity index (χ3n) is 3.91. The molecule has 0 saturated carbocycles. The minimum atomic E-state index is 0.620. The lowest BCUT2D eigenvalue weighted by atomic mass is 9.98. The lowest BCUT2D eigenvalue weighted by Crippen LogP contribution is -2.33. The molecular formula is C17H28N2O. The van der Waals surface area contributed by atoms with Crippen LogP contribution in [-0.2, 0) is 6.42 Å². The molecule has 1 saturated heterocycles. The Morgan fingerprint density at radius 2 is 2.10 bits per heavy atom. The molecule has 3 heteroatoms. The highest BCUT2D eigenvalue weighted by atomic mass is 16.5. The number of hydrogen-bond donors (Lipinski definition) is 2. The van der Waals surface area contributed by atoms with Gasteiger partial charge in [-0.2, -0.15) is 0 Å². The summed E-state index contributed by atoms with van der Waals surface area (Å²) in [5.41, 5.74) is 6.85. The van der Waals surface area contributed by atoms with Gasteiger partial charge in [0.15, 0.2) is 0 Å². The van der Waals surface area contributed by atoms with Crippen LogP contribution < -0.4 is 15.8 Å². The first-order valence-corrected chi connectivity index (χ1v) is 8.03. The molecular weight excluding hydrogens is 248 g/mol. The number of rotatable bonds is 6. The van der Waals surface area contributed by atoms with Crippen molar-refractivity contribution in [2.45, 2.75) is 51.0 Å². The van der Waals surface area contributed by atoms with Crippen molar-refractivity contribution in [3.8, 4) is 5.75 Å². The van der Waals surface area contributed by atoms with E-state index in [9.17, 15) is 0 Å². The van der Waals surface area contributed by atoms with Crippen LogP contribution in [0.3, 0.4) is 0 Å². The summed E-state index contributed by atoms with van der Waals surface area (Å²) >= 11 is 0. The Hall–Kier alpha value is -1.06. The van der Waals surface area contributed by atoms with Gasteiger partial charge in [0.2, 0.25) is 0 Å². The number of ether oxygens (including phenoxy) is 1. The van der Waals surface area contributed by atoms with Crippen molar-refractivity contribution in [3.63, 3.8) is 0 Å². The SMILES string of the molecule is NCCCOc1cccc(CC2CCCCCCN2)c1. The van der Waals surface area contributed by atoms with Crippen molar-refractivity contribution in [2.24, 2.45) is 5.73 Å². The van der Waals surface area contributed by atoms with E-state index in [0.29, 0.717) is 19.2 Å². The molecule has 0 amide bonds. The molecule has 2 rings (SSSR count). The first-order valence-electron chi connectivity index (χ1n) is 8.03. The van der Waals surface area contributed by atoms with E-state index in [0.717, 1.165) is 25.1 Å². The van der Waals surface area contributed by atoms with Crippen molar-refractivity contribution < 1.29 is 4.74 Å². The smallest absolute Gasteiger partial charge is 0.119 e. The van der Waals surface area contributed by atoms with Gasteiger partial charge in [0.05, 0.1) is 6.61 Å². The van der Waals surface area contributed by atoms with Gasteiger partial charge in [-0.25, -0.2) is 0 Å². The number of hydrogen-bond acceptors (Lipinski definition) is 3. The third kappa shape index (κ3) is 5.51. The van der Waals surface area contributed by atoms with Gasteiger partial charge in [-0.05, 0) is 56.5 Å². The minimum absolute atomic E-state index is 0.620. The summed E-state index contributed by atoms with van der Waals surface area (Å²) in [7, 11) is 0. The van der Waals surface area contributed by atoms with Crippen LogP contribution >= 0.6 is 0 Å². The van der Waals surface area contributed by atoms with E-state index in [1.807, 2.05) is 6.07 Å². The Morgan fingerprint density at radius 1 is 1.20 bits per heavy atom. The lowest BCUT2D eigenvalue weighted by Gasteiger charge is -2.21. The highest BCUT2D eigenvalue weighted by molar-refractivity contribution is 5.29. The number of benzene rings is 1. The van der Waals surface area contributed by atoms with Crippen LogP contribution in [0.2, 0.25) is 0 Å². The van der Waals surface area contributed by atoms with E-state index >= 15 is 0 Å². The monoisotopic (exact) mass is 276 g/mol. The first kappa shape index (κ1) is 15.3. The van der Waals surface area contributed by atoms with Crippen molar-refractivity contribution in [1.29, 1.82) is 0 Å². The molecule has 1 unspecified atom stereocenters. The molecule has 0 aliphatic carbocycles. The Labute approximate surface area is 122 Å².